The fraction of sp³-hybridized carbons (Fsp3) is 0.111. The van der Waals surface area contributed by atoms with E-state index in [2.05, 4.69) is 33.6 Å². The maximum atomic E-state index is 6.43. The van der Waals surface area contributed by atoms with Crippen LogP contribution in [0.3, 0.4) is 0 Å². The zero-order chi connectivity index (χ0) is 16.7. The number of nitrogens with zero attached hydrogens (tertiary/aromatic N) is 3. The second kappa shape index (κ2) is 5.96. The number of fused-ring (bicyclic) bond motifs is 1. The number of hydrogen-bond acceptors (Lipinski definition) is 3. The molecule has 3 aromatic rings. The van der Waals surface area contributed by atoms with Crippen LogP contribution >= 0.6 is 23.2 Å². The summed E-state index contributed by atoms with van der Waals surface area (Å²) in [7, 11) is 0. The van der Waals surface area contributed by atoms with E-state index < -0.39 is 0 Å². The molecule has 1 N–H and O–H groups in total. The van der Waals surface area contributed by atoms with Crippen molar-refractivity contribution in [3.8, 4) is 0 Å². The standard InChI is InChI=1S/C18H14Cl2N4/c1-11-21-18-22-16(12-5-3-2-4-6-12)10-17(24(18)23-11)14-8-7-13(19)9-15(14)20/h2-10,17H,1H3,(H,21,22,23). The molecule has 6 heteroatoms. The quantitative estimate of drug-likeness (QED) is 0.706. The van der Waals surface area contributed by atoms with Crippen LogP contribution in [0.4, 0.5) is 5.95 Å². The average Bonchev–Trinajstić information content (AvgIpc) is 2.95. The molecule has 24 heavy (non-hydrogen) atoms. The largest absolute Gasteiger partial charge is 0.324 e. The van der Waals surface area contributed by atoms with Gasteiger partial charge in [0.15, 0.2) is 0 Å². The minimum absolute atomic E-state index is 0.151. The van der Waals surface area contributed by atoms with Crippen molar-refractivity contribution in [2.75, 3.05) is 5.32 Å². The van der Waals surface area contributed by atoms with Crippen molar-refractivity contribution in [2.24, 2.45) is 0 Å². The summed E-state index contributed by atoms with van der Waals surface area (Å²) in [6, 6.07) is 15.5. The molecule has 1 aliphatic rings. The molecule has 0 fully saturated rings. The number of allylic oxidation sites excluding steroid dienone is 1. The predicted molar refractivity (Wildman–Crippen MR) is 97.4 cm³/mol. The van der Waals surface area contributed by atoms with Gasteiger partial charge in [0.05, 0.1) is 0 Å². The zero-order valence-corrected chi connectivity index (χ0v) is 14.4. The van der Waals surface area contributed by atoms with Crippen LogP contribution < -0.4 is 5.32 Å². The molecule has 2 heterocycles. The van der Waals surface area contributed by atoms with Gasteiger partial charge in [0.2, 0.25) is 5.95 Å². The molecule has 0 bridgehead atoms. The topological polar surface area (TPSA) is 42.7 Å². The Balaban J connectivity index is 1.87. The Labute approximate surface area is 149 Å². The van der Waals surface area contributed by atoms with Crippen molar-refractivity contribution in [1.29, 1.82) is 0 Å². The number of nitrogens with one attached hydrogen (secondary N) is 1. The number of anilines is 1. The van der Waals surface area contributed by atoms with Crippen LogP contribution in [0, 0.1) is 6.92 Å². The molecule has 4 nitrogen and oxygen atoms in total. The lowest BCUT2D eigenvalue weighted by Crippen LogP contribution is -2.20. The summed E-state index contributed by atoms with van der Waals surface area (Å²) in [5, 5.41) is 9.07. The van der Waals surface area contributed by atoms with E-state index in [1.54, 1.807) is 6.07 Å². The lowest BCUT2D eigenvalue weighted by Gasteiger charge is -2.25. The van der Waals surface area contributed by atoms with Crippen LogP contribution in [-0.2, 0) is 0 Å². The first kappa shape index (κ1) is 15.2. The van der Waals surface area contributed by atoms with Crippen LogP contribution in [0.25, 0.3) is 5.70 Å². The molecule has 4 rings (SSSR count). The molecule has 1 aromatic heterocycles. The Morgan fingerprint density at radius 2 is 1.88 bits per heavy atom. The highest BCUT2D eigenvalue weighted by atomic mass is 35.5. The average molecular weight is 357 g/mol. The Morgan fingerprint density at radius 1 is 1.08 bits per heavy atom. The molecule has 2 aromatic carbocycles. The number of rotatable bonds is 2. The van der Waals surface area contributed by atoms with E-state index in [1.165, 1.54) is 0 Å². The van der Waals surface area contributed by atoms with Crippen molar-refractivity contribution in [3.05, 3.63) is 81.6 Å². The Kier molecular flexibility index (Phi) is 3.79. The van der Waals surface area contributed by atoms with Gasteiger partial charge in [-0.3, -0.25) is 0 Å². The van der Waals surface area contributed by atoms with Crippen LogP contribution in [-0.4, -0.2) is 14.8 Å². The molecule has 1 unspecified atom stereocenters. The molecule has 1 aliphatic heterocycles. The summed E-state index contributed by atoms with van der Waals surface area (Å²) in [5.41, 5.74) is 2.99. The molecule has 120 valence electrons. The van der Waals surface area contributed by atoms with Crippen molar-refractivity contribution >= 4 is 34.8 Å². The van der Waals surface area contributed by atoms with Gasteiger partial charge in [0.1, 0.15) is 11.9 Å². The maximum Gasteiger partial charge on any atom is 0.226 e. The maximum absolute atomic E-state index is 6.43. The summed E-state index contributed by atoms with van der Waals surface area (Å²) < 4.78 is 1.84. The van der Waals surface area contributed by atoms with Gasteiger partial charge in [-0.05, 0) is 36.3 Å². The molecule has 0 saturated heterocycles. The van der Waals surface area contributed by atoms with E-state index in [4.69, 9.17) is 23.2 Å². The monoisotopic (exact) mass is 356 g/mol. The number of hydrogen-bond donors (Lipinski definition) is 1. The molecule has 0 aliphatic carbocycles. The van der Waals surface area contributed by atoms with E-state index in [1.807, 2.05) is 41.9 Å². The van der Waals surface area contributed by atoms with E-state index in [0.29, 0.717) is 21.8 Å². The van der Waals surface area contributed by atoms with Gasteiger partial charge in [-0.2, -0.15) is 10.1 Å². The van der Waals surface area contributed by atoms with Gasteiger partial charge in [0.25, 0.3) is 0 Å². The van der Waals surface area contributed by atoms with Gasteiger partial charge < -0.3 is 5.32 Å². The minimum Gasteiger partial charge on any atom is -0.324 e. The van der Waals surface area contributed by atoms with Crippen molar-refractivity contribution in [3.63, 3.8) is 0 Å². The Hall–Kier alpha value is -2.30. The second-order valence-corrected chi connectivity index (χ2v) is 6.45. The van der Waals surface area contributed by atoms with Crippen molar-refractivity contribution in [2.45, 2.75) is 13.0 Å². The lowest BCUT2D eigenvalue weighted by atomic mass is 10.0. The highest BCUT2D eigenvalue weighted by Crippen LogP contribution is 2.36. The van der Waals surface area contributed by atoms with Gasteiger partial charge in [-0.15, -0.1) is 0 Å². The second-order valence-electron chi connectivity index (χ2n) is 5.61. The smallest absolute Gasteiger partial charge is 0.226 e. The third kappa shape index (κ3) is 2.68. The highest BCUT2D eigenvalue weighted by molar-refractivity contribution is 6.35. The van der Waals surface area contributed by atoms with Gasteiger partial charge in [-0.1, -0.05) is 59.6 Å². The van der Waals surface area contributed by atoms with E-state index in [9.17, 15) is 0 Å². The van der Waals surface area contributed by atoms with Gasteiger partial charge in [-0.25, -0.2) is 4.68 Å². The highest BCUT2D eigenvalue weighted by Gasteiger charge is 2.26. The van der Waals surface area contributed by atoms with Gasteiger partial charge >= 0.3 is 0 Å². The SMILES string of the molecule is Cc1nc2n(n1)C(c1ccc(Cl)cc1Cl)C=C(c1ccccc1)N2. The molecule has 0 radical (unpaired) electrons. The third-order valence-corrected chi connectivity index (χ3v) is 4.50. The van der Waals surface area contributed by atoms with Crippen LogP contribution in [0.2, 0.25) is 10.0 Å². The number of halogens is 2. The van der Waals surface area contributed by atoms with Gasteiger partial charge in [0, 0.05) is 15.7 Å². The molecular weight excluding hydrogens is 343 g/mol. The molecule has 0 amide bonds. The number of benzene rings is 2. The molecular formula is C18H14Cl2N4. The van der Waals surface area contributed by atoms with Crippen molar-refractivity contribution < 1.29 is 0 Å². The summed E-state index contributed by atoms with van der Waals surface area (Å²) >= 11 is 12.5. The van der Waals surface area contributed by atoms with Crippen LogP contribution in [0.15, 0.2) is 54.6 Å². The summed E-state index contributed by atoms with van der Waals surface area (Å²) in [6.07, 6.45) is 2.10. The fourth-order valence-corrected chi connectivity index (χ4v) is 3.37. The normalized spacial score (nSPS) is 16.3. The first-order valence-electron chi connectivity index (χ1n) is 7.54. The molecule has 0 saturated carbocycles. The van der Waals surface area contributed by atoms with Crippen LogP contribution in [0.1, 0.15) is 23.0 Å². The number of aryl methyl sites for hydroxylation is 1. The Morgan fingerprint density at radius 3 is 2.62 bits per heavy atom. The van der Waals surface area contributed by atoms with E-state index >= 15 is 0 Å². The van der Waals surface area contributed by atoms with Crippen molar-refractivity contribution in [1.82, 2.24) is 14.8 Å². The molecule has 1 atom stereocenters. The zero-order valence-electron chi connectivity index (χ0n) is 12.9. The summed E-state index contributed by atoms with van der Waals surface area (Å²) in [4.78, 5) is 4.48. The first-order chi connectivity index (χ1) is 11.6. The van der Waals surface area contributed by atoms with E-state index in [0.717, 1.165) is 16.8 Å². The fourth-order valence-electron chi connectivity index (χ4n) is 2.85. The summed E-state index contributed by atoms with van der Waals surface area (Å²) in [6.45, 7) is 1.87. The third-order valence-electron chi connectivity index (χ3n) is 3.94. The Bertz CT molecular complexity index is 931. The van der Waals surface area contributed by atoms with Crippen LogP contribution in [0.5, 0.6) is 0 Å². The van der Waals surface area contributed by atoms with E-state index in [-0.39, 0.29) is 6.04 Å². The minimum atomic E-state index is -0.151. The molecule has 0 spiro atoms. The lowest BCUT2D eigenvalue weighted by molar-refractivity contribution is 0.607. The summed E-state index contributed by atoms with van der Waals surface area (Å²) in [5.74, 6) is 1.40. The predicted octanol–water partition coefficient (Wildman–Crippen LogP) is 4.95. The number of aromatic nitrogens is 3. The first-order valence-corrected chi connectivity index (χ1v) is 8.30.